The molecule has 1 aromatic carbocycles. The lowest BCUT2D eigenvalue weighted by atomic mass is 10.0. The lowest BCUT2D eigenvalue weighted by Gasteiger charge is -2.33. The van der Waals surface area contributed by atoms with Crippen LogP contribution in [-0.2, 0) is 4.79 Å². The van der Waals surface area contributed by atoms with E-state index in [-0.39, 0.29) is 5.56 Å². The van der Waals surface area contributed by atoms with E-state index in [2.05, 4.69) is 5.32 Å². The number of halogens is 3. The molecule has 1 aromatic rings. The predicted octanol–water partition coefficient (Wildman–Crippen LogP) is 0.535. The van der Waals surface area contributed by atoms with Gasteiger partial charge in [0.15, 0.2) is 11.6 Å². The Balaban J connectivity index is 2.38. The fourth-order valence-corrected chi connectivity index (χ4v) is 2.22. The monoisotopic (exact) mass is 273 g/mol. The minimum Gasteiger partial charge on any atom is -0.368 e. The summed E-state index contributed by atoms with van der Waals surface area (Å²) in [7, 11) is 0. The minimum atomic E-state index is -1.29. The molecule has 0 saturated carbocycles. The maximum absolute atomic E-state index is 13.7. The molecule has 1 unspecified atom stereocenters. The number of benzene rings is 1. The van der Waals surface area contributed by atoms with Crippen LogP contribution in [0.2, 0.25) is 0 Å². The number of carbonyl (C=O) groups excluding carboxylic acids is 1. The highest BCUT2D eigenvalue weighted by atomic mass is 19.2. The van der Waals surface area contributed by atoms with Gasteiger partial charge in [-0.2, -0.15) is 0 Å². The Morgan fingerprint density at radius 1 is 1.16 bits per heavy atom. The summed E-state index contributed by atoms with van der Waals surface area (Å²) in [5.41, 5.74) is 5.04. The third kappa shape index (κ3) is 2.87. The molecule has 1 aliphatic rings. The van der Waals surface area contributed by atoms with Crippen LogP contribution in [-0.4, -0.2) is 37.0 Å². The summed E-state index contributed by atoms with van der Waals surface area (Å²) in [6.07, 6.45) is 0. The van der Waals surface area contributed by atoms with E-state index < -0.39 is 29.4 Å². The van der Waals surface area contributed by atoms with E-state index in [1.165, 1.54) is 0 Å². The van der Waals surface area contributed by atoms with Gasteiger partial charge in [-0.25, -0.2) is 13.2 Å². The molecule has 0 aliphatic carbocycles. The van der Waals surface area contributed by atoms with Gasteiger partial charge in [-0.05, 0) is 6.07 Å². The van der Waals surface area contributed by atoms with Gasteiger partial charge in [-0.3, -0.25) is 9.69 Å². The summed E-state index contributed by atoms with van der Waals surface area (Å²) in [5.74, 6) is -4.24. The van der Waals surface area contributed by atoms with Gasteiger partial charge in [0, 0.05) is 37.8 Å². The van der Waals surface area contributed by atoms with Crippen LogP contribution in [0.3, 0.4) is 0 Å². The van der Waals surface area contributed by atoms with Gasteiger partial charge in [-0.15, -0.1) is 0 Å². The highest BCUT2D eigenvalue weighted by molar-refractivity contribution is 5.81. The summed E-state index contributed by atoms with van der Waals surface area (Å²) in [4.78, 5) is 13.2. The third-order valence-corrected chi connectivity index (χ3v) is 3.12. The second-order valence-electron chi connectivity index (χ2n) is 4.38. The van der Waals surface area contributed by atoms with Crippen molar-refractivity contribution >= 4 is 5.91 Å². The molecule has 19 heavy (non-hydrogen) atoms. The fourth-order valence-electron chi connectivity index (χ4n) is 2.22. The van der Waals surface area contributed by atoms with Crippen LogP contribution < -0.4 is 11.1 Å². The van der Waals surface area contributed by atoms with Crippen LogP contribution in [0.5, 0.6) is 0 Å². The standard InChI is InChI=1S/C12H14F3N3O/c13-8-6-10(15)9(14)5-7(8)11(12(16)19)18-3-1-17-2-4-18/h5-6,11,17H,1-4H2,(H2,16,19). The zero-order valence-electron chi connectivity index (χ0n) is 10.1. The van der Waals surface area contributed by atoms with E-state index in [1.807, 2.05) is 0 Å². The van der Waals surface area contributed by atoms with Crippen molar-refractivity contribution < 1.29 is 18.0 Å². The zero-order chi connectivity index (χ0) is 14.0. The van der Waals surface area contributed by atoms with Crippen molar-refractivity contribution in [3.05, 3.63) is 35.1 Å². The van der Waals surface area contributed by atoms with Crippen LogP contribution in [0.1, 0.15) is 11.6 Å². The van der Waals surface area contributed by atoms with E-state index in [1.54, 1.807) is 4.90 Å². The number of nitrogens with one attached hydrogen (secondary N) is 1. The van der Waals surface area contributed by atoms with Gasteiger partial charge in [0.2, 0.25) is 5.91 Å². The maximum atomic E-state index is 13.7. The number of primary amides is 1. The first-order valence-corrected chi connectivity index (χ1v) is 5.89. The number of nitrogens with two attached hydrogens (primary N) is 1. The number of hydrogen-bond acceptors (Lipinski definition) is 3. The van der Waals surface area contributed by atoms with E-state index in [0.717, 1.165) is 0 Å². The van der Waals surface area contributed by atoms with Crippen LogP contribution in [0.25, 0.3) is 0 Å². The van der Waals surface area contributed by atoms with Crippen molar-refractivity contribution in [3.63, 3.8) is 0 Å². The van der Waals surface area contributed by atoms with Crippen molar-refractivity contribution in [2.24, 2.45) is 5.73 Å². The maximum Gasteiger partial charge on any atom is 0.239 e. The van der Waals surface area contributed by atoms with E-state index in [0.29, 0.717) is 38.3 Å². The zero-order valence-corrected chi connectivity index (χ0v) is 10.1. The Kier molecular flexibility index (Phi) is 4.06. The Labute approximate surface area is 108 Å². The molecule has 0 aromatic heterocycles. The first-order chi connectivity index (χ1) is 9.00. The molecule has 0 radical (unpaired) electrons. The average molecular weight is 273 g/mol. The molecular formula is C12H14F3N3O. The summed E-state index contributed by atoms with van der Waals surface area (Å²) in [5, 5.41) is 3.07. The first-order valence-electron chi connectivity index (χ1n) is 5.89. The van der Waals surface area contributed by atoms with E-state index in [4.69, 9.17) is 5.73 Å². The summed E-state index contributed by atoms with van der Waals surface area (Å²) >= 11 is 0. The molecule has 4 nitrogen and oxygen atoms in total. The molecule has 2 rings (SSSR count). The quantitative estimate of drug-likeness (QED) is 0.790. The Morgan fingerprint density at radius 2 is 1.74 bits per heavy atom. The SMILES string of the molecule is NC(=O)C(c1cc(F)c(F)cc1F)N1CCNCC1. The summed E-state index contributed by atoms with van der Waals surface area (Å²) in [6.45, 7) is 2.20. The predicted molar refractivity (Wildman–Crippen MR) is 62.7 cm³/mol. The summed E-state index contributed by atoms with van der Waals surface area (Å²) in [6, 6.07) is 0.0440. The number of carbonyl (C=O) groups is 1. The van der Waals surface area contributed by atoms with Gasteiger partial charge in [0.25, 0.3) is 0 Å². The third-order valence-electron chi connectivity index (χ3n) is 3.12. The van der Waals surface area contributed by atoms with E-state index in [9.17, 15) is 18.0 Å². The van der Waals surface area contributed by atoms with Gasteiger partial charge in [-0.1, -0.05) is 0 Å². The molecule has 0 spiro atoms. The fraction of sp³-hybridized carbons (Fsp3) is 0.417. The lowest BCUT2D eigenvalue weighted by molar-refractivity contribution is -0.123. The van der Waals surface area contributed by atoms with Crippen molar-refractivity contribution in [1.29, 1.82) is 0 Å². The van der Waals surface area contributed by atoms with Crippen molar-refractivity contribution in [2.45, 2.75) is 6.04 Å². The van der Waals surface area contributed by atoms with Crippen molar-refractivity contribution in [3.8, 4) is 0 Å². The highest BCUT2D eigenvalue weighted by Crippen LogP contribution is 2.25. The number of piperazine rings is 1. The molecule has 104 valence electrons. The Bertz CT molecular complexity index is 489. The molecule has 1 amide bonds. The van der Waals surface area contributed by atoms with Crippen LogP contribution in [0.4, 0.5) is 13.2 Å². The topological polar surface area (TPSA) is 58.4 Å². The lowest BCUT2D eigenvalue weighted by Crippen LogP contribution is -2.48. The number of hydrogen-bond donors (Lipinski definition) is 2. The average Bonchev–Trinajstić information content (AvgIpc) is 2.37. The van der Waals surface area contributed by atoms with Gasteiger partial charge < -0.3 is 11.1 Å². The molecule has 0 bridgehead atoms. The summed E-state index contributed by atoms with van der Waals surface area (Å²) < 4.78 is 39.9. The van der Waals surface area contributed by atoms with Crippen molar-refractivity contribution in [1.82, 2.24) is 10.2 Å². The number of nitrogens with zero attached hydrogens (tertiary/aromatic N) is 1. The van der Waals surface area contributed by atoms with E-state index >= 15 is 0 Å². The Hall–Kier alpha value is -1.60. The largest absolute Gasteiger partial charge is 0.368 e. The molecule has 1 fully saturated rings. The molecule has 7 heteroatoms. The van der Waals surface area contributed by atoms with Crippen LogP contribution >= 0.6 is 0 Å². The minimum absolute atomic E-state index is 0.228. The van der Waals surface area contributed by atoms with Crippen LogP contribution in [0, 0.1) is 17.5 Å². The molecule has 1 aliphatic heterocycles. The molecule has 3 N–H and O–H groups in total. The Morgan fingerprint density at radius 3 is 2.32 bits per heavy atom. The highest BCUT2D eigenvalue weighted by Gasteiger charge is 2.30. The smallest absolute Gasteiger partial charge is 0.239 e. The van der Waals surface area contributed by atoms with Crippen molar-refractivity contribution in [2.75, 3.05) is 26.2 Å². The second-order valence-corrected chi connectivity index (χ2v) is 4.38. The second kappa shape index (κ2) is 5.58. The normalized spacial score (nSPS) is 18.3. The van der Waals surface area contributed by atoms with Crippen LogP contribution in [0.15, 0.2) is 12.1 Å². The van der Waals surface area contributed by atoms with Gasteiger partial charge in [0.1, 0.15) is 11.9 Å². The van der Waals surface area contributed by atoms with Gasteiger partial charge in [0.05, 0.1) is 0 Å². The first kappa shape index (κ1) is 13.8. The molecular weight excluding hydrogens is 259 g/mol. The van der Waals surface area contributed by atoms with Gasteiger partial charge >= 0.3 is 0 Å². The number of rotatable bonds is 3. The number of amides is 1. The molecule has 1 heterocycles. The molecule has 1 atom stereocenters. The molecule has 1 saturated heterocycles.